The Morgan fingerprint density at radius 3 is 2.25 bits per heavy atom. The molecule has 1 aromatic rings. The third-order valence-electron chi connectivity index (χ3n) is 4.75. The molecule has 0 unspecified atom stereocenters. The van der Waals surface area contributed by atoms with Gasteiger partial charge in [0.15, 0.2) is 0 Å². The van der Waals surface area contributed by atoms with Crippen LogP contribution in [0.3, 0.4) is 0 Å². The second kappa shape index (κ2) is 6.15. The molecular formula is C16H30N4. The molecular weight excluding hydrogens is 248 g/mol. The van der Waals surface area contributed by atoms with Gasteiger partial charge in [-0.2, -0.15) is 0 Å². The van der Waals surface area contributed by atoms with E-state index in [0.717, 1.165) is 25.0 Å². The number of hydrogen-bond donors (Lipinski definition) is 1. The van der Waals surface area contributed by atoms with Gasteiger partial charge in [-0.3, -0.25) is 4.57 Å². The Bertz CT molecular complexity index is 422. The van der Waals surface area contributed by atoms with Gasteiger partial charge in [0.25, 0.3) is 0 Å². The Morgan fingerprint density at radius 2 is 1.75 bits per heavy atom. The van der Waals surface area contributed by atoms with E-state index in [-0.39, 0.29) is 0 Å². The van der Waals surface area contributed by atoms with Crippen molar-refractivity contribution in [2.24, 2.45) is 11.3 Å². The average Bonchev–Trinajstić information content (AvgIpc) is 2.81. The summed E-state index contributed by atoms with van der Waals surface area (Å²) in [4.78, 5) is 0. The molecule has 0 saturated heterocycles. The smallest absolute Gasteiger partial charge is 0.224 e. The summed E-state index contributed by atoms with van der Waals surface area (Å²) in [5.74, 6) is 3.57. The molecule has 0 aliphatic heterocycles. The fourth-order valence-corrected chi connectivity index (χ4v) is 3.44. The van der Waals surface area contributed by atoms with Crippen LogP contribution in [0.2, 0.25) is 0 Å². The molecule has 0 radical (unpaired) electrons. The van der Waals surface area contributed by atoms with E-state index in [1.165, 1.54) is 31.5 Å². The maximum absolute atomic E-state index is 4.47. The average molecular weight is 278 g/mol. The minimum absolute atomic E-state index is 0.443. The molecule has 0 atom stereocenters. The monoisotopic (exact) mass is 278 g/mol. The molecule has 1 aliphatic carbocycles. The lowest BCUT2D eigenvalue weighted by Crippen LogP contribution is -2.26. The van der Waals surface area contributed by atoms with Crippen LogP contribution in [0.25, 0.3) is 0 Å². The Balaban J connectivity index is 2.07. The first kappa shape index (κ1) is 15.3. The van der Waals surface area contributed by atoms with Gasteiger partial charge in [-0.15, -0.1) is 10.2 Å². The van der Waals surface area contributed by atoms with E-state index in [4.69, 9.17) is 0 Å². The first-order chi connectivity index (χ1) is 9.47. The Labute approximate surface area is 123 Å². The highest BCUT2D eigenvalue weighted by Crippen LogP contribution is 2.42. The minimum atomic E-state index is 0.443. The zero-order chi connectivity index (χ0) is 14.8. The van der Waals surface area contributed by atoms with E-state index in [9.17, 15) is 0 Å². The van der Waals surface area contributed by atoms with Crippen LogP contribution in [0.5, 0.6) is 0 Å². The van der Waals surface area contributed by atoms with Crippen molar-refractivity contribution in [1.82, 2.24) is 14.8 Å². The first-order valence-electron chi connectivity index (χ1n) is 8.14. The van der Waals surface area contributed by atoms with E-state index < -0.39 is 0 Å². The van der Waals surface area contributed by atoms with Crippen LogP contribution < -0.4 is 5.32 Å². The predicted molar refractivity (Wildman–Crippen MR) is 84.0 cm³/mol. The number of anilines is 1. The highest BCUT2D eigenvalue weighted by Gasteiger charge is 2.32. The Morgan fingerprint density at radius 1 is 1.10 bits per heavy atom. The highest BCUT2D eigenvalue weighted by molar-refractivity contribution is 5.26. The van der Waals surface area contributed by atoms with Gasteiger partial charge in [-0.25, -0.2) is 0 Å². The molecule has 1 heterocycles. The topological polar surface area (TPSA) is 42.7 Å². The van der Waals surface area contributed by atoms with Crippen molar-refractivity contribution in [3.05, 3.63) is 5.82 Å². The summed E-state index contributed by atoms with van der Waals surface area (Å²) in [6.07, 6.45) is 5.15. The first-order valence-corrected chi connectivity index (χ1v) is 8.14. The molecule has 4 nitrogen and oxygen atoms in total. The van der Waals surface area contributed by atoms with Crippen LogP contribution in [-0.4, -0.2) is 21.3 Å². The molecule has 114 valence electrons. The summed E-state index contributed by atoms with van der Waals surface area (Å²) in [6.45, 7) is 13.2. The second-order valence-electron chi connectivity index (χ2n) is 7.07. The summed E-state index contributed by atoms with van der Waals surface area (Å²) in [7, 11) is 0. The van der Waals surface area contributed by atoms with Gasteiger partial charge in [0, 0.05) is 19.0 Å². The molecule has 0 amide bonds. The van der Waals surface area contributed by atoms with Crippen LogP contribution in [0.15, 0.2) is 0 Å². The van der Waals surface area contributed by atoms with Gasteiger partial charge in [-0.05, 0) is 50.9 Å². The van der Waals surface area contributed by atoms with Gasteiger partial charge in [0.2, 0.25) is 5.95 Å². The maximum Gasteiger partial charge on any atom is 0.224 e. The van der Waals surface area contributed by atoms with Crippen molar-refractivity contribution in [3.63, 3.8) is 0 Å². The molecule has 0 bridgehead atoms. The number of nitrogens with zero attached hydrogens (tertiary/aromatic N) is 3. The normalized spacial score (nSPS) is 23.9. The van der Waals surface area contributed by atoms with Crippen molar-refractivity contribution in [2.45, 2.75) is 72.8 Å². The molecule has 4 heteroatoms. The molecule has 1 N–H and O–H groups in total. The Kier molecular flexibility index (Phi) is 4.71. The van der Waals surface area contributed by atoms with E-state index >= 15 is 0 Å². The van der Waals surface area contributed by atoms with E-state index in [0.29, 0.717) is 11.3 Å². The van der Waals surface area contributed by atoms with E-state index in [2.05, 4.69) is 54.7 Å². The third kappa shape index (κ3) is 3.15. The van der Waals surface area contributed by atoms with Gasteiger partial charge in [0.05, 0.1) is 0 Å². The Hall–Kier alpha value is -1.06. The van der Waals surface area contributed by atoms with E-state index in [1.807, 2.05) is 0 Å². The van der Waals surface area contributed by atoms with Crippen molar-refractivity contribution in [2.75, 3.05) is 11.9 Å². The fraction of sp³-hybridized carbons (Fsp3) is 0.875. The highest BCUT2D eigenvalue weighted by atomic mass is 15.3. The third-order valence-corrected chi connectivity index (χ3v) is 4.75. The lowest BCUT2D eigenvalue weighted by atomic mass is 9.69. The number of rotatable bonds is 4. The fourth-order valence-electron chi connectivity index (χ4n) is 3.44. The van der Waals surface area contributed by atoms with Crippen molar-refractivity contribution >= 4 is 5.95 Å². The van der Waals surface area contributed by atoms with Crippen molar-refractivity contribution in [1.29, 1.82) is 0 Å². The summed E-state index contributed by atoms with van der Waals surface area (Å²) in [6, 6.07) is 0. The number of hydrogen-bond acceptors (Lipinski definition) is 3. The zero-order valence-electron chi connectivity index (χ0n) is 13.7. The van der Waals surface area contributed by atoms with Crippen LogP contribution >= 0.6 is 0 Å². The predicted octanol–water partition coefficient (Wildman–Crippen LogP) is 4.05. The number of nitrogens with one attached hydrogen (secondary N) is 1. The minimum Gasteiger partial charge on any atom is -0.355 e. The van der Waals surface area contributed by atoms with Crippen LogP contribution in [0.4, 0.5) is 5.95 Å². The molecule has 1 aliphatic rings. The molecule has 1 saturated carbocycles. The van der Waals surface area contributed by atoms with Crippen LogP contribution in [0.1, 0.15) is 72.0 Å². The summed E-state index contributed by atoms with van der Waals surface area (Å²) in [5.41, 5.74) is 0.443. The maximum atomic E-state index is 4.47. The molecule has 1 aromatic heterocycles. The molecule has 20 heavy (non-hydrogen) atoms. The van der Waals surface area contributed by atoms with Gasteiger partial charge in [-0.1, -0.05) is 20.8 Å². The lowest BCUT2D eigenvalue weighted by Gasteiger charge is -2.36. The van der Waals surface area contributed by atoms with Gasteiger partial charge < -0.3 is 5.32 Å². The molecule has 0 aromatic carbocycles. The second-order valence-corrected chi connectivity index (χ2v) is 7.07. The van der Waals surface area contributed by atoms with E-state index in [1.54, 1.807) is 0 Å². The van der Waals surface area contributed by atoms with Crippen molar-refractivity contribution in [3.8, 4) is 0 Å². The van der Waals surface area contributed by atoms with Crippen LogP contribution in [-0.2, 0) is 6.54 Å². The molecule has 2 rings (SSSR count). The molecule has 1 fully saturated rings. The van der Waals surface area contributed by atoms with Gasteiger partial charge in [0.1, 0.15) is 5.82 Å². The molecule has 0 spiro atoms. The largest absolute Gasteiger partial charge is 0.355 e. The number of aromatic nitrogens is 3. The summed E-state index contributed by atoms with van der Waals surface area (Å²) in [5, 5.41) is 12.1. The summed E-state index contributed by atoms with van der Waals surface area (Å²) < 4.78 is 2.26. The van der Waals surface area contributed by atoms with Gasteiger partial charge >= 0.3 is 0 Å². The standard InChI is InChI=1S/C16H30N4/c1-6-17-15-19-18-14(20(15)7-2)12-8-10-13(11-9-12)16(3,4)5/h12-13H,6-11H2,1-5H3,(H,17,19). The SMILES string of the molecule is CCNc1nnc(C2CCC(C(C)(C)C)CC2)n1CC. The summed E-state index contributed by atoms with van der Waals surface area (Å²) >= 11 is 0. The van der Waals surface area contributed by atoms with Crippen LogP contribution in [0, 0.1) is 11.3 Å². The lowest BCUT2D eigenvalue weighted by molar-refractivity contribution is 0.166. The van der Waals surface area contributed by atoms with Crippen molar-refractivity contribution < 1.29 is 0 Å². The quantitative estimate of drug-likeness (QED) is 0.903. The zero-order valence-corrected chi connectivity index (χ0v) is 13.7.